The molecule has 0 aromatic heterocycles. The van der Waals surface area contributed by atoms with Crippen LogP contribution in [0.5, 0.6) is 0 Å². The van der Waals surface area contributed by atoms with E-state index < -0.39 is 27.5 Å². The number of carbonyl (C=O) groups is 1. The molecule has 0 bridgehead atoms. The minimum Gasteiger partial charge on any atom is -0.447 e. The van der Waals surface area contributed by atoms with Crippen LogP contribution in [0.1, 0.15) is 50.3 Å². The van der Waals surface area contributed by atoms with Gasteiger partial charge in [0.15, 0.2) is 0 Å². The van der Waals surface area contributed by atoms with E-state index in [0.29, 0.717) is 25.1 Å². The van der Waals surface area contributed by atoms with Gasteiger partial charge in [-0.05, 0) is 57.7 Å². The number of cyclic esters (lactones) is 1. The van der Waals surface area contributed by atoms with Crippen LogP contribution < -0.4 is 10.6 Å². The lowest BCUT2D eigenvalue weighted by molar-refractivity contribution is 0.176. The van der Waals surface area contributed by atoms with Crippen LogP contribution in [-0.2, 0) is 26.8 Å². The zero-order chi connectivity index (χ0) is 21.4. The largest absolute Gasteiger partial charge is 0.447 e. The molecule has 0 spiro atoms. The quantitative estimate of drug-likeness (QED) is 0.728. The van der Waals surface area contributed by atoms with Gasteiger partial charge in [-0.3, -0.25) is 0 Å². The van der Waals surface area contributed by atoms with E-state index in [1.54, 1.807) is 6.07 Å². The zero-order valence-electron chi connectivity index (χ0n) is 17.4. The molecule has 1 amide bonds. The smallest absolute Gasteiger partial charge is 0.407 e. The first-order valence-electron chi connectivity index (χ1n) is 9.97. The van der Waals surface area contributed by atoms with E-state index in [2.05, 4.69) is 10.6 Å². The van der Waals surface area contributed by atoms with E-state index in [1.807, 2.05) is 27.7 Å². The second-order valence-electron chi connectivity index (χ2n) is 8.56. The van der Waals surface area contributed by atoms with Gasteiger partial charge in [0, 0.05) is 30.2 Å². The summed E-state index contributed by atoms with van der Waals surface area (Å²) in [5, 5.41) is 6.07. The lowest BCUT2D eigenvalue weighted by Gasteiger charge is -2.33. The Morgan fingerprint density at radius 3 is 2.72 bits per heavy atom. The number of sulfonamides is 1. The average molecular weight is 428 g/mol. The van der Waals surface area contributed by atoms with Crippen LogP contribution in [-0.4, -0.2) is 49.8 Å². The maximum Gasteiger partial charge on any atom is 0.407 e. The topological polar surface area (TPSA) is 87.7 Å². The fraction of sp³-hybridized carbons (Fsp3) is 0.650. The molecule has 1 aromatic carbocycles. The van der Waals surface area contributed by atoms with Gasteiger partial charge >= 0.3 is 6.09 Å². The first kappa shape index (κ1) is 22.0. The molecular weight excluding hydrogens is 397 g/mol. The number of carbonyl (C=O) groups excluding carboxylic acids is 1. The van der Waals surface area contributed by atoms with Crippen LogP contribution in [0.2, 0.25) is 0 Å². The van der Waals surface area contributed by atoms with Gasteiger partial charge in [0.1, 0.15) is 12.4 Å². The predicted molar refractivity (Wildman–Crippen MR) is 108 cm³/mol. The minimum atomic E-state index is -3.35. The molecule has 7 nitrogen and oxygen atoms in total. The molecule has 0 saturated carbocycles. The molecule has 2 saturated heterocycles. The molecule has 2 atom stereocenters. The standard InChI is InChI=1S/C20H30FN3O4S/c1-13-8-15(11-24-14(2)6-5-7-29(24,26)27)18(21)9-17(13)20(3,4)22-10-16-12-28-19(25)23-16/h8-9,14,16,22H,5-7,10-12H2,1-4H3,(H,23,25)/t14-,16?/m0/s1. The van der Waals surface area contributed by atoms with Gasteiger partial charge in [-0.25, -0.2) is 17.6 Å². The molecule has 162 valence electrons. The summed E-state index contributed by atoms with van der Waals surface area (Å²) in [6, 6.07) is 2.97. The molecule has 9 heteroatoms. The highest BCUT2D eigenvalue weighted by atomic mass is 32.2. The Bertz CT molecular complexity index is 888. The van der Waals surface area contributed by atoms with Crippen LogP contribution in [0, 0.1) is 12.7 Å². The van der Waals surface area contributed by atoms with E-state index in [4.69, 9.17) is 4.74 Å². The van der Waals surface area contributed by atoms with Crippen molar-refractivity contribution >= 4 is 16.1 Å². The number of hydrogen-bond acceptors (Lipinski definition) is 5. The first-order chi connectivity index (χ1) is 13.5. The number of ether oxygens (including phenoxy) is 1. The number of aryl methyl sites for hydroxylation is 1. The number of hydrogen-bond donors (Lipinski definition) is 2. The van der Waals surface area contributed by atoms with Crippen LogP contribution in [0.4, 0.5) is 9.18 Å². The summed E-state index contributed by atoms with van der Waals surface area (Å²) in [5.74, 6) is -0.292. The lowest BCUT2D eigenvalue weighted by Crippen LogP contribution is -2.45. The summed E-state index contributed by atoms with van der Waals surface area (Å²) in [5.41, 5.74) is 1.52. The Hall–Kier alpha value is -1.71. The predicted octanol–water partition coefficient (Wildman–Crippen LogP) is 2.38. The molecular formula is C20H30FN3O4S. The van der Waals surface area contributed by atoms with E-state index in [0.717, 1.165) is 17.5 Å². The zero-order valence-corrected chi connectivity index (χ0v) is 18.2. The third kappa shape index (κ3) is 4.90. The highest BCUT2D eigenvalue weighted by Crippen LogP contribution is 2.29. The van der Waals surface area contributed by atoms with Crippen LogP contribution in [0.3, 0.4) is 0 Å². The normalized spacial score (nSPS) is 24.9. The van der Waals surface area contributed by atoms with E-state index in [9.17, 15) is 17.6 Å². The summed E-state index contributed by atoms with van der Waals surface area (Å²) in [4.78, 5) is 11.2. The first-order valence-corrected chi connectivity index (χ1v) is 11.6. The Kier molecular flexibility index (Phi) is 6.21. The molecule has 2 heterocycles. The highest BCUT2D eigenvalue weighted by molar-refractivity contribution is 7.89. The lowest BCUT2D eigenvalue weighted by atomic mass is 9.88. The van der Waals surface area contributed by atoms with Crippen molar-refractivity contribution in [3.63, 3.8) is 0 Å². The summed E-state index contributed by atoms with van der Waals surface area (Å²) >= 11 is 0. The Morgan fingerprint density at radius 2 is 2.10 bits per heavy atom. The molecule has 3 rings (SSSR count). The number of nitrogens with one attached hydrogen (secondary N) is 2. The molecule has 1 unspecified atom stereocenters. The molecule has 0 radical (unpaired) electrons. The van der Waals surface area contributed by atoms with E-state index >= 15 is 0 Å². The second-order valence-corrected chi connectivity index (χ2v) is 10.6. The number of nitrogens with zero attached hydrogens (tertiary/aromatic N) is 1. The van der Waals surface area contributed by atoms with Crippen molar-refractivity contribution in [3.05, 3.63) is 34.6 Å². The number of benzene rings is 1. The molecule has 29 heavy (non-hydrogen) atoms. The van der Waals surface area contributed by atoms with Crippen molar-refractivity contribution in [2.24, 2.45) is 0 Å². The number of halogens is 1. The molecule has 2 aliphatic rings. The maximum atomic E-state index is 15.0. The molecule has 2 fully saturated rings. The summed E-state index contributed by atoms with van der Waals surface area (Å²) in [7, 11) is -3.35. The fourth-order valence-electron chi connectivity index (χ4n) is 4.06. The SMILES string of the molecule is Cc1cc(CN2[C@@H](C)CCCS2(=O)=O)c(F)cc1C(C)(C)NCC1COC(=O)N1. The van der Waals surface area contributed by atoms with E-state index in [1.165, 1.54) is 10.4 Å². The van der Waals surface area contributed by atoms with Gasteiger partial charge in [-0.2, -0.15) is 4.31 Å². The van der Waals surface area contributed by atoms with E-state index in [-0.39, 0.29) is 24.4 Å². The Labute approximate surface area is 172 Å². The highest BCUT2D eigenvalue weighted by Gasteiger charge is 2.33. The summed E-state index contributed by atoms with van der Waals surface area (Å²) in [6.45, 7) is 8.51. The van der Waals surface area contributed by atoms with Gasteiger partial charge in [-0.15, -0.1) is 0 Å². The van der Waals surface area contributed by atoms with Crippen molar-refractivity contribution in [1.29, 1.82) is 0 Å². The third-order valence-electron chi connectivity index (χ3n) is 5.79. The van der Waals surface area contributed by atoms with Crippen LogP contribution in [0.15, 0.2) is 12.1 Å². The summed E-state index contributed by atoms with van der Waals surface area (Å²) in [6.07, 6.45) is 1.01. The maximum absolute atomic E-state index is 15.0. The van der Waals surface area contributed by atoms with Gasteiger partial charge in [0.05, 0.1) is 11.8 Å². The Morgan fingerprint density at radius 1 is 1.38 bits per heavy atom. The van der Waals surface area contributed by atoms with Crippen molar-refractivity contribution in [3.8, 4) is 0 Å². The van der Waals surface area contributed by atoms with Gasteiger partial charge < -0.3 is 15.4 Å². The van der Waals surface area contributed by atoms with Gasteiger partial charge in [0.2, 0.25) is 10.0 Å². The second kappa shape index (κ2) is 8.20. The molecule has 2 N–H and O–H groups in total. The monoisotopic (exact) mass is 427 g/mol. The Balaban J connectivity index is 1.76. The molecule has 2 aliphatic heterocycles. The molecule has 1 aromatic rings. The number of alkyl carbamates (subject to hydrolysis) is 1. The van der Waals surface area contributed by atoms with Crippen molar-refractivity contribution < 1.29 is 22.3 Å². The van der Waals surface area contributed by atoms with Gasteiger partial charge in [0.25, 0.3) is 0 Å². The number of amides is 1. The van der Waals surface area contributed by atoms with Gasteiger partial charge in [-0.1, -0.05) is 6.07 Å². The van der Waals surface area contributed by atoms with Crippen molar-refractivity contribution in [1.82, 2.24) is 14.9 Å². The van der Waals surface area contributed by atoms with Crippen LogP contribution in [0.25, 0.3) is 0 Å². The minimum absolute atomic E-state index is 0.0513. The van der Waals surface area contributed by atoms with Crippen LogP contribution >= 0.6 is 0 Å². The fourth-order valence-corrected chi connectivity index (χ4v) is 5.82. The summed E-state index contributed by atoms with van der Waals surface area (Å²) < 4.78 is 46.1. The molecule has 0 aliphatic carbocycles. The third-order valence-corrected chi connectivity index (χ3v) is 7.80. The van der Waals surface area contributed by atoms with Crippen molar-refractivity contribution in [2.75, 3.05) is 18.9 Å². The van der Waals surface area contributed by atoms with Crippen molar-refractivity contribution in [2.45, 2.75) is 64.7 Å². The average Bonchev–Trinajstić information content (AvgIpc) is 3.04. The number of rotatable bonds is 6.